The van der Waals surface area contributed by atoms with Crippen LogP contribution < -0.4 is 0 Å². The number of nitrogens with one attached hydrogen (secondary N) is 2. The Morgan fingerprint density at radius 3 is 0.673 bits per heavy atom. The molecule has 522 valence electrons. The van der Waals surface area contributed by atoms with E-state index in [1.165, 1.54) is 88.3 Å². The quantitative estimate of drug-likeness (QED) is 0.157. The van der Waals surface area contributed by atoms with Gasteiger partial charge in [-0.2, -0.15) is 0 Å². The number of hydrogen-bond acceptors (Lipinski definition) is 6. The van der Waals surface area contributed by atoms with Crippen LogP contribution in [0.1, 0.15) is 211 Å². The maximum atomic E-state index is 5.80. The van der Waals surface area contributed by atoms with Gasteiger partial charge in [0.15, 0.2) is 22.6 Å². The number of aromatic amines is 2. The van der Waals surface area contributed by atoms with E-state index in [1.807, 2.05) is 0 Å². The molecule has 0 unspecified atom stereocenters. The van der Waals surface area contributed by atoms with Crippen LogP contribution in [0.25, 0.3) is 175 Å². The van der Waals surface area contributed by atoms with Gasteiger partial charge in [-0.25, -0.2) is 29.9 Å². The second-order valence-corrected chi connectivity index (χ2v) is 38.8. The molecule has 0 aliphatic heterocycles. The molecule has 8 aromatic carbocycles. The fourth-order valence-electron chi connectivity index (χ4n) is 17.2. The highest BCUT2D eigenvalue weighted by Crippen LogP contribution is 2.49. The van der Waals surface area contributed by atoms with Crippen LogP contribution >= 0.6 is 0 Å². The Morgan fingerprint density at radius 2 is 0.385 bits per heavy atom. The van der Waals surface area contributed by atoms with Crippen molar-refractivity contribution >= 4 is 153 Å². The number of aromatic nitrogens is 8. The molecule has 0 fully saturated rings. The number of nitrogens with zero attached hydrogens (tertiary/aromatic N) is 6. The third-order valence-electron chi connectivity index (χ3n) is 22.7. The normalized spacial score (nSPS) is 13.8. The van der Waals surface area contributed by atoms with Crippen LogP contribution in [0.5, 0.6) is 0 Å². The highest BCUT2D eigenvalue weighted by atomic mass is 15.0. The predicted molar refractivity (Wildman–Crippen MR) is 447 cm³/mol. The zero-order chi connectivity index (χ0) is 73.7. The highest BCUT2D eigenvalue weighted by molar-refractivity contribution is 6.19. The van der Waals surface area contributed by atoms with E-state index in [-0.39, 0.29) is 43.3 Å². The first-order valence-corrected chi connectivity index (χ1v) is 37.6. The minimum Gasteiger partial charge on any atom is -0.324 e. The number of rotatable bonds is 0. The summed E-state index contributed by atoms with van der Waals surface area (Å²) >= 11 is 0. The molecule has 5 aromatic heterocycles. The maximum absolute atomic E-state index is 5.80. The van der Waals surface area contributed by atoms with E-state index in [2.05, 4.69) is 322 Å². The zero-order valence-electron chi connectivity index (χ0n) is 65.5. The van der Waals surface area contributed by atoms with Crippen LogP contribution in [-0.4, -0.2) is 39.9 Å². The number of benzene rings is 4. The van der Waals surface area contributed by atoms with E-state index in [0.717, 1.165) is 86.2 Å². The van der Waals surface area contributed by atoms with E-state index >= 15 is 0 Å². The average Bonchev–Trinajstić information content (AvgIpc) is 1.56. The lowest BCUT2D eigenvalue weighted by molar-refractivity contribution is 0.580. The molecule has 8 bridgehead atoms. The van der Waals surface area contributed by atoms with Crippen LogP contribution in [0.2, 0.25) is 0 Å². The van der Waals surface area contributed by atoms with Crippen LogP contribution in [0.4, 0.5) is 0 Å². The van der Waals surface area contributed by atoms with Crippen LogP contribution in [0.3, 0.4) is 0 Å². The van der Waals surface area contributed by atoms with Crippen molar-refractivity contribution in [3.05, 3.63) is 190 Å². The molecule has 0 saturated carbocycles. The van der Waals surface area contributed by atoms with Gasteiger partial charge >= 0.3 is 0 Å². The molecule has 0 amide bonds. The van der Waals surface area contributed by atoms with Gasteiger partial charge in [-0.1, -0.05) is 239 Å². The summed E-state index contributed by atoms with van der Waals surface area (Å²) in [7, 11) is 0. The Bertz CT molecular complexity index is 6250. The lowest BCUT2D eigenvalue weighted by atomic mass is 9.85. The molecule has 8 nitrogen and oxygen atoms in total. The van der Waals surface area contributed by atoms with Crippen molar-refractivity contribution < 1.29 is 0 Å². The van der Waals surface area contributed by atoms with E-state index in [1.54, 1.807) is 0 Å². The molecule has 4 aliphatic carbocycles. The minimum absolute atomic E-state index is 0.0774. The molecular weight excluding hydrogens is 1270 g/mol. The first kappa shape index (κ1) is 67.3. The zero-order valence-corrected chi connectivity index (χ0v) is 65.5. The Kier molecular flexibility index (Phi) is 14.1. The molecule has 0 saturated heterocycles. The SMILES string of the molecule is CC(C)(C)c1cc(C(C)(C)C)c2cc3cc4c5nc6nc(nc7[nH]c(nc8nc(nc([nH]5)c4cc3ccc1-2)c1cc2cc3c(C(C)(C)C)cc(C(C)(C)C)c3ccc2cc81)c1cc2cc3c(C(C)(C)C)cc(C(C)(C)C)c-3ccc2cc71)c1cc2cc3c(C(C)(C)C)cc(C(C)(C)C)c3ccc2cc61. The fourth-order valence-corrected chi connectivity index (χ4v) is 17.2. The van der Waals surface area contributed by atoms with Gasteiger partial charge in [0.05, 0.1) is 0 Å². The van der Waals surface area contributed by atoms with E-state index < -0.39 is 0 Å². The van der Waals surface area contributed by atoms with Gasteiger partial charge in [0.25, 0.3) is 0 Å². The minimum atomic E-state index is -0.104. The van der Waals surface area contributed by atoms with Crippen LogP contribution in [0.15, 0.2) is 146 Å². The van der Waals surface area contributed by atoms with Crippen molar-refractivity contribution in [3.8, 4) is 22.3 Å². The van der Waals surface area contributed by atoms with E-state index in [0.29, 0.717) is 45.2 Å². The van der Waals surface area contributed by atoms with Crippen LogP contribution in [-0.2, 0) is 43.3 Å². The van der Waals surface area contributed by atoms with Gasteiger partial charge in [-0.3, -0.25) is 0 Å². The fraction of sp³-hybridized carbons (Fsp3) is 0.333. The average molecular weight is 1360 g/mol. The van der Waals surface area contributed by atoms with E-state index in [9.17, 15) is 0 Å². The summed E-state index contributed by atoms with van der Waals surface area (Å²) in [4.78, 5) is 42.2. The summed E-state index contributed by atoms with van der Waals surface area (Å²) in [5.74, 6) is 0. The van der Waals surface area contributed by atoms with Crippen molar-refractivity contribution in [1.29, 1.82) is 0 Å². The summed E-state index contributed by atoms with van der Waals surface area (Å²) in [6, 6.07) is 56.5. The van der Waals surface area contributed by atoms with Crippen molar-refractivity contribution in [2.75, 3.05) is 0 Å². The summed E-state index contributed by atoms with van der Waals surface area (Å²) < 4.78 is 0. The predicted octanol–water partition coefficient (Wildman–Crippen LogP) is 26.6. The van der Waals surface area contributed by atoms with Crippen molar-refractivity contribution in [1.82, 2.24) is 39.9 Å². The lowest BCUT2D eigenvalue weighted by Gasteiger charge is -2.19. The molecule has 104 heavy (non-hydrogen) atoms. The molecule has 2 N–H and O–H groups in total. The van der Waals surface area contributed by atoms with Gasteiger partial charge < -0.3 is 9.97 Å². The number of fused-ring (bicyclic) bond motifs is 28. The molecule has 4 aliphatic rings. The monoisotopic (exact) mass is 1360 g/mol. The highest BCUT2D eigenvalue weighted by Gasteiger charge is 2.33. The van der Waals surface area contributed by atoms with Crippen molar-refractivity contribution in [2.24, 2.45) is 0 Å². The molecule has 17 rings (SSSR count). The maximum Gasteiger partial charge on any atom is 0.164 e. The Hall–Kier alpha value is -9.92. The molecule has 8 heteroatoms. The van der Waals surface area contributed by atoms with Gasteiger partial charge in [0.1, 0.15) is 22.6 Å². The first-order chi connectivity index (χ1) is 48.5. The summed E-state index contributed by atoms with van der Waals surface area (Å²) in [5.41, 5.74) is 19.9. The van der Waals surface area contributed by atoms with Gasteiger partial charge in [-0.05, 0) is 248 Å². The third kappa shape index (κ3) is 10.8. The summed E-state index contributed by atoms with van der Waals surface area (Å²) in [6.07, 6.45) is 0. The summed E-state index contributed by atoms with van der Waals surface area (Å²) in [6.45, 7) is 55.9. The number of hydrogen-bond donors (Lipinski definition) is 2. The lowest BCUT2D eigenvalue weighted by Crippen LogP contribution is -2.12. The molecule has 0 radical (unpaired) electrons. The summed E-state index contributed by atoms with van der Waals surface area (Å²) in [5, 5.41) is 21.1. The number of H-pyrrole nitrogens is 2. The molecule has 5 heterocycles. The Balaban J connectivity index is 1.06. The second-order valence-electron chi connectivity index (χ2n) is 38.8. The Labute approximate surface area is 611 Å². The largest absolute Gasteiger partial charge is 0.324 e. The first-order valence-electron chi connectivity index (χ1n) is 37.6. The smallest absolute Gasteiger partial charge is 0.164 e. The molecular formula is C96H98N8. The third-order valence-corrected chi connectivity index (χ3v) is 22.7. The standard InChI is InChI=1S/C96H98N8/c1-89(2,3)73-45-77(93(13,14)15)61-37-53-41-69-65(33-49(53)25-29-57(61)73)81-97-85(69)102-82-66-34-50-26-30-58-63(79(95(19,20)21)47-74(58)90(4,5)6)39-55(50)43-71(66)87(98-82)104-84-68-36-52-28-32-60-64(80(96(22,23)24)48-76(60)92(10,11)12)40-56(52)44-72(68)88(100-84)103-83-67-35-51-27-31-59-62(38-54(51)42-70(67)86(99-83)101-81)78(94(16,17)18)46-75(59)91(7,8)9/h25-48H,1-24H3,(H2,97,98,99,100,101,102,103,104). The van der Waals surface area contributed by atoms with Crippen molar-refractivity contribution in [2.45, 2.75) is 209 Å². The Morgan fingerprint density at radius 1 is 0.173 bits per heavy atom. The second kappa shape index (κ2) is 21.8. The van der Waals surface area contributed by atoms with Gasteiger partial charge in [0, 0.05) is 43.1 Å². The topological polar surface area (TPSA) is 109 Å². The van der Waals surface area contributed by atoms with E-state index in [4.69, 9.17) is 29.9 Å². The van der Waals surface area contributed by atoms with Gasteiger partial charge in [0.2, 0.25) is 0 Å². The van der Waals surface area contributed by atoms with Crippen LogP contribution in [0, 0.1) is 0 Å². The van der Waals surface area contributed by atoms with Crippen molar-refractivity contribution in [3.63, 3.8) is 0 Å². The molecule has 0 spiro atoms. The van der Waals surface area contributed by atoms with Gasteiger partial charge in [-0.15, -0.1) is 0 Å². The molecule has 13 aromatic rings. The molecule has 0 atom stereocenters.